The molecule has 134 valence electrons. The molecule has 3 rings (SSSR count). The van der Waals surface area contributed by atoms with Crippen molar-refractivity contribution in [1.29, 1.82) is 0 Å². The molecule has 0 N–H and O–H groups in total. The summed E-state index contributed by atoms with van der Waals surface area (Å²) in [6.45, 7) is 6.92. The van der Waals surface area contributed by atoms with Crippen molar-refractivity contribution in [1.82, 2.24) is 19.6 Å². The Morgan fingerprint density at radius 1 is 1.16 bits per heavy atom. The van der Waals surface area contributed by atoms with Gasteiger partial charge in [-0.2, -0.15) is 5.10 Å². The number of carbonyl (C=O) groups excluding carboxylic acids is 2. The summed E-state index contributed by atoms with van der Waals surface area (Å²) >= 11 is 0. The van der Waals surface area contributed by atoms with E-state index in [2.05, 4.69) is 18.1 Å². The zero-order valence-corrected chi connectivity index (χ0v) is 14.8. The van der Waals surface area contributed by atoms with Gasteiger partial charge in [0, 0.05) is 38.0 Å². The second-order valence-electron chi connectivity index (χ2n) is 6.20. The minimum atomic E-state index is -0.298. The van der Waals surface area contributed by atoms with Gasteiger partial charge in [-0.1, -0.05) is 18.2 Å². The van der Waals surface area contributed by atoms with Crippen molar-refractivity contribution in [3.8, 4) is 0 Å². The summed E-state index contributed by atoms with van der Waals surface area (Å²) in [4.78, 5) is 27.6. The first-order valence-electron chi connectivity index (χ1n) is 8.70. The van der Waals surface area contributed by atoms with E-state index < -0.39 is 0 Å². The molecule has 2 aromatic rings. The normalized spacial score (nSPS) is 14.8. The first-order chi connectivity index (χ1) is 12.1. The number of aryl methyl sites for hydroxylation is 2. The zero-order valence-electron chi connectivity index (χ0n) is 14.8. The van der Waals surface area contributed by atoms with Crippen molar-refractivity contribution in [2.24, 2.45) is 0 Å². The Hall–Kier alpha value is -2.57. The number of nitrogens with zero attached hydrogens (tertiary/aromatic N) is 4. The fourth-order valence-electron chi connectivity index (χ4n) is 3.21. The molecule has 0 atom stereocenters. The number of aromatic nitrogens is 2. The quantitative estimate of drug-likeness (QED) is 0.851. The second-order valence-corrected chi connectivity index (χ2v) is 6.20. The Morgan fingerprint density at radius 2 is 1.88 bits per heavy atom. The first-order valence-corrected chi connectivity index (χ1v) is 8.70. The number of piperazine rings is 1. The van der Waals surface area contributed by atoms with Crippen LogP contribution in [0.25, 0.3) is 10.9 Å². The molecule has 2 amide bonds. The van der Waals surface area contributed by atoms with Crippen LogP contribution >= 0.6 is 0 Å². The zero-order chi connectivity index (χ0) is 17.8. The van der Waals surface area contributed by atoms with Crippen LogP contribution in [0.2, 0.25) is 0 Å². The molecule has 1 fully saturated rings. The highest BCUT2D eigenvalue weighted by Crippen LogP contribution is 2.18. The molecule has 1 aromatic carbocycles. The Labute approximate surface area is 147 Å². The van der Waals surface area contributed by atoms with Gasteiger partial charge in [-0.25, -0.2) is 4.79 Å². The third-order valence-electron chi connectivity index (χ3n) is 4.56. The molecule has 1 aromatic heterocycles. The molecule has 0 spiro atoms. The lowest BCUT2D eigenvalue weighted by molar-refractivity contribution is -0.133. The molecular formula is C18H24N4O3. The summed E-state index contributed by atoms with van der Waals surface area (Å²) in [6.07, 6.45) is 1.95. The molecular weight excluding hydrogens is 320 g/mol. The van der Waals surface area contributed by atoms with Crippen LogP contribution in [-0.2, 0) is 16.1 Å². The van der Waals surface area contributed by atoms with E-state index in [1.807, 2.05) is 27.9 Å². The van der Waals surface area contributed by atoms with Gasteiger partial charge >= 0.3 is 6.09 Å². The highest BCUT2D eigenvalue weighted by atomic mass is 16.6. The highest BCUT2D eigenvalue weighted by molar-refractivity contribution is 5.82. The predicted molar refractivity (Wildman–Crippen MR) is 94.3 cm³/mol. The fourth-order valence-corrected chi connectivity index (χ4v) is 3.21. The van der Waals surface area contributed by atoms with Gasteiger partial charge in [0.15, 0.2) is 0 Å². The van der Waals surface area contributed by atoms with E-state index in [1.165, 1.54) is 0 Å². The SMILES string of the molecule is CCOC(=O)N1CCN(C(=O)CCn2ncc3cccc(C)c32)CC1. The van der Waals surface area contributed by atoms with Crippen molar-refractivity contribution in [2.75, 3.05) is 32.8 Å². The number of carbonyl (C=O) groups is 2. The number of hydrogen-bond acceptors (Lipinski definition) is 4. The summed E-state index contributed by atoms with van der Waals surface area (Å²) in [6, 6.07) is 6.09. The van der Waals surface area contributed by atoms with Crippen LogP contribution in [-0.4, -0.2) is 64.4 Å². The number of rotatable bonds is 4. The van der Waals surface area contributed by atoms with E-state index in [-0.39, 0.29) is 12.0 Å². The summed E-state index contributed by atoms with van der Waals surface area (Å²) in [7, 11) is 0. The van der Waals surface area contributed by atoms with Crippen molar-refractivity contribution in [3.05, 3.63) is 30.0 Å². The monoisotopic (exact) mass is 344 g/mol. The fraction of sp³-hybridized carbons (Fsp3) is 0.500. The van der Waals surface area contributed by atoms with Gasteiger partial charge in [0.25, 0.3) is 0 Å². The molecule has 7 heteroatoms. The van der Waals surface area contributed by atoms with Crippen LogP contribution in [0.5, 0.6) is 0 Å². The van der Waals surface area contributed by atoms with Gasteiger partial charge in [0.1, 0.15) is 0 Å². The topological polar surface area (TPSA) is 67.7 Å². The maximum atomic E-state index is 12.5. The Bertz CT molecular complexity index is 763. The van der Waals surface area contributed by atoms with Crippen LogP contribution in [0, 0.1) is 6.92 Å². The highest BCUT2D eigenvalue weighted by Gasteiger charge is 2.24. The molecule has 7 nitrogen and oxygen atoms in total. The lowest BCUT2D eigenvalue weighted by Gasteiger charge is -2.34. The number of hydrogen-bond donors (Lipinski definition) is 0. The van der Waals surface area contributed by atoms with Gasteiger partial charge in [0.05, 0.1) is 24.9 Å². The average molecular weight is 344 g/mol. The van der Waals surface area contributed by atoms with Crippen LogP contribution in [0.4, 0.5) is 4.79 Å². The van der Waals surface area contributed by atoms with E-state index in [9.17, 15) is 9.59 Å². The van der Waals surface area contributed by atoms with Crippen LogP contribution in [0.15, 0.2) is 24.4 Å². The minimum absolute atomic E-state index is 0.0979. The molecule has 25 heavy (non-hydrogen) atoms. The molecule has 2 heterocycles. The largest absolute Gasteiger partial charge is 0.450 e. The summed E-state index contributed by atoms with van der Waals surface area (Å²) in [5, 5.41) is 5.50. The number of benzene rings is 1. The lowest BCUT2D eigenvalue weighted by Crippen LogP contribution is -2.50. The number of amides is 2. The minimum Gasteiger partial charge on any atom is -0.450 e. The van der Waals surface area contributed by atoms with E-state index in [1.54, 1.807) is 11.8 Å². The summed E-state index contributed by atoms with van der Waals surface area (Å²) in [5.41, 5.74) is 2.24. The third-order valence-corrected chi connectivity index (χ3v) is 4.56. The van der Waals surface area contributed by atoms with Crippen LogP contribution in [0.3, 0.4) is 0 Å². The molecule has 1 aliphatic heterocycles. The van der Waals surface area contributed by atoms with E-state index in [0.717, 1.165) is 16.5 Å². The van der Waals surface area contributed by atoms with Crippen molar-refractivity contribution in [3.63, 3.8) is 0 Å². The molecule has 0 aliphatic carbocycles. The Balaban J connectivity index is 1.54. The van der Waals surface area contributed by atoms with Crippen molar-refractivity contribution in [2.45, 2.75) is 26.8 Å². The molecule has 0 unspecified atom stereocenters. The van der Waals surface area contributed by atoms with Gasteiger partial charge in [-0.3, -0.25) is 9.48 Å². The standard InChI is InChI=1S/C18H24N4O3/c1-3-25-18(24)21-11-9-20(10-12-21)16(23)7-8-22-17-14(2)5-4-6-15(17)13-19-22/h4-6,13H,3,7-12H2,1-2H3. The maximum absolute atomic E-state index is 12.5. The lowest BCUT2D eigenvalue weighted by atomic mass is 10.2. The molecule has 0 saturated carbocycles. The summed E-state index contributed by atoms with van der Waals surface area (Å²) < 4.78 is 6.90. The van der Waals surface area contributed by atoms with Gasteiger partial charge in [-0.15, -0.1) is 0 Å². The number of ether oxygens (including phenoxy) is 1. The van der Waals surface area contributed by atoms with Gasteiger partial charge < -0.3 is 14.5 Å². The van der Waals surface area contributed by atoms with Crippen LogP contribution in [0.1, 0.15) is 18.9 Å². The third kappa shape index (κ3) is 3.75. The maximum Gasteiger partial charge on any atom is 0.409 e. The van der Waals surface area contributed by atoms with E-state index in [4.69, 9.17) is 4.74 Å². The van der Waals surface area contributed by atoms with Crippen LogP contribution < -0.4 is 0 Å². The smallest absolute Gasteiger partial charge is 0.409 e. The Kier molecular flexibility index (Phi) is 5.21. The first kappa shape index (κ1) is 17.3. The van der Waals surface area contributed by atoms with Crippen molar-refractivity contribution < 1.29 is 14.3 Å². The Morgan fingerprint density at radius 3 is 2.60 bits per heavy atom. The number of para-hydroxylation sites is 1. The summed E-state index contributed by atoms with van der Waals surface area (Å²) in [5.74, 6) is 0.0979. The molecule has 1 saturated heterocycles. The molecule has 1 aliphatic rings. The molecule has 0 bridgehead atoms. The average Bonchev–Trinajstić information content (AvgIpc) is 3.04. The van der Waals surface area contributed by atoms with Gasteiger partial charge in [-0.05, 0) is 19.4 Å². The molecule has 0 radical (unpaired) electrons. The van der Waals surface area contributed by atoms with E-state index in [0.29, 0.717) is 45.8 Å². The number of fused-ring (bicyclic) bond motifs is 1. The van der Waals surface area contributed by atoms with E-state index >= 15 is 0 Å². The second kappa shape index (κ2) is 7.55. The van der Waals surface area contributed by atoms with Crippen molar-refractivity contribution >= 4 is 22.9 Å². The van der Waals surface area contributed by atoms with Gasteiger partial charge in [0.2, 0.25) is 5.91 Å². The predicted octanol–water partition coefficient (Wildman–Crippen LogP) is 2.04.